The molecule has 0 bridgehead atoms. The van der Waals surface area contributed by atoms with Crippen molar-refractivity contribution in [1.82, 2.24) is 20.3 Å². The maximum atomic E-state index is 4.64. The maximum absolute atomic E-state index is 4.64. The lowest BCUT2D eigenvalue weighted by atomic mass is 9.98. The molecule has 2 heterocycles. The van der Waals surface area contributed by atoms with Crippen molar-refractivity contribution in [1.29, 1.82) is 0 Å². The van der Waals surface area contributed by atoms with E-state index in [9.17, 15) is 0 Å². The molecule has 2 rings (SSSR count). The Kier molecular flexibility index (Phi) is 5.42. The summed E-state index contributed by atoms with van der Waals surface area (Å²) in [6.45, 7) is 7.34. The number of hydrogen-bond donors (Lipinski definition) is 1. The molecule has 5 heteroatoms. The van der Waals surface area contributed by atoms with Gasteiger partial charge in [-0.3, -0.25) is 4.98 Å². The molecule has 1 atom stereocenters. The molecule has 0 aliphatic carbocycles. The highest BCUT2D eigenvalue weighted by atomic mass is 79.9. The van der Waals surface area contributed by atoms with Crippen LogP contribution in [0.15, 0.2) is 22.8 Å². The lowest BCUT2D eigenvalue weighted by Gasteiger charge is -2.15. The van der Waals surface area contributed by atoms with Crippen molar-refractivity contribution in [3.05, 3.63) is 39.8 Å². The first-order valence-corrected chi connectivity index (χ1v) is 7.91. The quantitative estimate of drug-likeness (QED) is 0.900. The SMILES string of the molecule is CNCC(C)Cc1c(C)nc(-c2ccc(Br)cn2)nc1C. The zero-order valence-corrected chi connectivity index (χ0v) is 14.5. The molecule has 21 heavy (non-hydrogen) atoms. The molecule has 4 nitrogen and oxygen atoms in total. The average Bonchev–Trinajstić information content (AvgIpc) is 2.44. The van der Waals surface area contributed by atoms with Crippen LogP contribution in [0.5, 0.6) is 0 Å². The Balaban J connectivity index is 2.30. The summed E-state index contributed by atoms with van der Waals surface area (Å²) in [6, 6.07) is 3.89. The van der Waals surface area contributed by atoms with Gasteiger partial charge < -0.3 is 5.32 Å². The van der Waals surface area contributed by atoms with Crippen molar-refractivity contribution in [3.8, 4) is 11.5 Å². The van der Waals surface area contributed by atoms with E-state index in [1.165, 1.54) is 5.56 Å². The van der Waals surface area contributed by atoms with E-state index >= 15 is 0 Å². The third kappa shape index (κ3) is 4.08. The summed E-state index contributed by atoms with van der Waals surface area (Å²) in [7, 11) is 1.98. The zero-order valence-electron chi connectivity index (χ0n) is 12.9. The molecule has 0 saturated heterocycles. The van der Waals surface area contributed by atoms with Crippen molar-refractivity contribution in [2.24, 2.45) is 5.92 Å². The van der Waals surface area contributed by atoms with Crippen LogP contribution in [0.3, 0.4) is 0 Å². The van der Waals surface area contributed by atoms with Crippen LogP contribution in [0.4, 0.5) is 0 Å². The van der Waals surface area contributed by atoms with Gasteiger partial charge in [-0.2, -0.15) is 0 Å². The van der Waals surface area contributed by atoms with Crippen molar-refractivity contribution in [3.63, 3.8) is 0 Å². The van der Waals surface area contributed by atoms with E-state index in [0.29, 0.717) is 11.7 Å². The van der Waals surface area contributed by atoms with Gasteiger partial charge in [-0.25, -0.2) is 9.97 Å². The molecule has 2 aromatic rings. The van der Waals surface area contributed by atoms with Crippen molar-refractivity contribution in [2.75, 3.05) is 13.6 Å². The lowest BCUT2D eigenvalue weighted by molar-refractivity contribution is 0.537. The fourth-order valence-corrected chi connectivity index (χ4v) is 2.66. The van der Waals surface area contributed by atoms with E-state index in [-0.39, 0.29) is 0 Å². The van der Waals surface area contributed by atoms with E-state index in [4.69, 9.17) is 0 Å². The first-order valence-electron chi connectivity index (χ1n) is 7.12. The van der Waals surface area contributed by atoms with Crippen LogP contribution in [0.1, 0.15) is 23.9 Å². The minimum Gasteiger partial charge on any atom is -0.319 e. The smallest absolute Gasteiger partial charge is 0.178 e. The molecule has 112 valence electrons. The summed E-state index contributed by atoms with van der Waals surface area (Å²) in [4.78, 5) is 13.6. The summed E-state index contributed by atoms with van der Waals surface area (Å²) in [5, 5.41) is 3.21. The molecular weight excluding hydrogens is 328 g/mol. The number of nitrogens with one attached hydrogen (secondary N) is 1. The minimum absolute atomic E-state index is 0.563. The minimum atomic E-state index is 0.563. The first-order chi connectivity index (χ1) is 10.0. The number of aromatic nitrogens is 3. The molecule has 0 aliphatic rings. The molecule has 0 radical (unpaired) electrons. The normalized spacial score (nSPS) is 12.4. The summed E-state index contributed by atoms with van der Waals surface area (Å²) in [5.41, 5.74) is 4.15. The average molecular weight is 349 g/mol. The molecule has 0 fully saturated rings. The van der Waals surface area contributed by atoms with Gasteiger partial charge in [0, 0.05) is 22.1 Å². The van der Waals surface area contributed by atoms with Gasteiger partial charge in [0.2, 0.25) is 0 Å². The number of rotatable bonds is 5. The number of halogens is 1. The van der Waals surface area contributed by atoms with Crippen molar-refractivity contribution >= 4 is 15.9 Å². The fourth-order valence-electron chi connectivity index (χ4n) is 2.43. The van der Waals surface area contributed by atoms with Crippen LogP contribution in [-0.4, -0.2) is 28.5 Å². The van der Waals surface area contributed by atoms with Crippen LogP contribution in [0.25, 0.3) is 11.5 Å². The molecule has 0 amide bonds. The first kappa shape index (κ1) is 16.0. The van der Waals surface area contributed by atoms with E-state index in [2.05, 4.69) is 57.0 Å². The zero-order chi connectivity index (χ0) is 15.4. The van der Waals surface area contributed by atoms with Crippen molar-refractivity contribution < 1.29 is 0 Å². The molecule has 0 spiro atoms. The Labute approximate surface area is 134 Å². The third-order valence-corrected chi connectivity index (χ3v) is 3.95. The predicted molar refractivity (Wildman–Crippen MR) is 89.2 cm³/mol. The van der Waals surface area contributed by atoms with Gasteiger partial charge in [-0.05, 0) is 73.4 Å². The summed E-state index contributed by atoms with van der Waals surface area (Å²) in [6.07, 6.45) is 2.76. The van der Waals surface area contributed by atoms with E-state index in [1.54, 1.807) is 6.20 Å². The standard InChI is InChI=1S/C16H21BrN4/c1-10(8-18-4)7-14-11(2)20-16(21-12(14)3)15-6-5-13(17)9-19-15/h5-6,9-10,18H,7-8H2,1-4H3. The van der Waals surface area contributed by atoms with Crippen LogP contribution in [0, 0.1) is 19.8 Å². The Morgan fingerprint density at radius 3 is 2.38 bits per heavy atom. The van der Waals surface area contributed by atoms with E-state index < -0.39 is 0 Å². The Morgan fingerprint density at radius 1 is 1.19 bits per heavy atom. The Morgan fingerprint density at radius 2 is 1.86 bits per heavy atom. The van der Waals surface area contributed by atoms with E-state index in [0.717, 1.165) is 34.5 Å². The van der Waals surface area contributed by atoms with Gasteiger partial charge in [-0.15, -0.1) is 0 Å². The van der Waals surface area contributed by atoms with E-state index in [1.807, 2.05) is 19.2 Å². The lowest BCUT2D eigenvalue weighted by Crippen LogP contribution is -2.19. The summed E-state index contributed by atoms with van der Waals surface area (Å²) in [5.74, 6) is 1.26. The molecule has 0 saturated carbocycles. The highest BCUT2D eigenvalue weighted by molar-refractivity contribution is 9.10. The van der Waals surface area contributed by atoms with Gasteiger partial charge in [0.25, 0.3) is 0 Å². The van der Waals surface area contributed by atoms with Crippen LogP contribution in [0.2, 0.25) is 0 Å². The number of pyridine rings is 1. The monoisotopic (exact) mass is 348 g/mol. The van der Waals surface area contributed by atoms with Crippen LogP contribution < -0.4 is 5.32 Å². The van der Waals surface area contributed by atoms with Gasteiger partial charge in [-0.1, -0.05) is 6.92 Å². The second kappa shape index (κ2) is 7.09. The summed E-state index contributed by atoms with van der Waals surface area (Å²) < 4.78 is 0.956. The Hall–Kier alpha value is -1.33. The number of nitrogens with zero attached hydrogens (tertiary/aromatic N) is 3. The van der Waals surface area contributed by atoms with Crippen LogP contribution in [-0.2, 0) is 6.42 Å². The molecular formula is C16H21BrN4. The van der Waals surface area contributed by atoms with Crippen LogP contribution >= 0.6 is 15.9 Å². The topological polar surface area (TPSA) is 50.7 Å². The number of hydrogen-bond acceptors (Lipinski definition) is 4. The summed E-state index contributed by atoms with van der Waals surface area (Å²) >= 11 is 3.39. The van der Waals surface area contributed by atoms with Gasteiger partial charge >= 0.3 is 0 Å². The molecule has 0 aliphatic heterocycles. The highest BCUT2D eigenvalue weighted by Crippen LogP contribution is 2.20. The van der Waals surface area contributed by atoms with Gasteiger partial charge in [0.15, 0.2) is 5.82 Å². The third-order valence-electron chi connectivity index (χ3n) is 3.48. The highest BCUT2D eigenvalue weighted by Gasteiger charge is 2.13. The largest absolute Gasteiger partial charge is 0.319 e. The molecule has 2 aromatic heterocycles. The second-order valence-electron chi connectivity index (χ2n) is 5.43. The molecule has 1 N–H and O–H groups in total. The predicted octanol–water partition coefficient (Wildman–Crippen LogP) is 3.32. The molecule has 0 aromatic carbocycles. The number of aryl methyl sites for hydroxylation is 2. The second-order valence-corrected chi connectivity index (χ2v) is 6.34. The van der Waals surface area contributed by atoms with Crippen molar-refractivity contribution in [2.45, 2.75) is 27.2 Å². The van der Waals surface area contributed by atoms with Gasteiger partial charge in [0.1, 0.15) is 5.69 Å². The Bertz CT molecular complexity index is 587. The maximum Gasteiger partial charge on any atom is 0.178 e. The molecule has 1 unspecified atom stereocenters. The fraction of sp³-hybridized carbons (Fsp3) is 0.438. The van der Waals surface area contributed by atoms with Gasteiger partial charge in [0.05, 0.1) is 0 Å².